The van der Waals surface area contributed by atoms with Gasteiger partial charge in [0.15, 0.2) is 0 Å². The van der Waals surface area contributed by atoms with Crippen molar-refractivity contribution in [3.63, 3.8) is 0 Å². The molecule has 0 aliphatic carbocycles. The molecular weight excluding hydrogens is 220 g/mol. The summed E-state index contributed by atoms with van der Waals surface area (Å²) in [7, 11) is 0. The van der Waals surface area contributed by atoms with Gasteiger partial charge < -0.3 is 10.0 Å². The van der Waals surface area contributed by atoms with Gasteiger partial charge in [-0.15, -0.1) is 0 Å². The van der Waals surface area contributed by atoms with E-state index >= 15 is 0 Å². The van der Waals surface area contributed by atoms with E-state index in [1.54, 1.807) is 4.90 Å². The molecule has 5 nitrogen and oxygen atoms in total. The first-order valence-electron chi connectivity index (χ1n) is 6.40. The Balaban J connectivity index is 1.67. The molecule has 0 aromatic carbocycles. The van der Waals surface area contributed by atoms with E-state index < -0.39 is 5.97 Å². The van der Waals surface area contributed by atoms with Crippen LogP contribution in [0.15, 0.2) is 0 Å². The highest BCUT2D eigenvalue weighted by atomic mass is 16.4. The summed E-state index contributed by atoms with van der Waals surface area (Å²) < 4.78 is 0. The first-order valence-corrected chi connectivity index (χ1v) is 6.40. The number of carbonyl (C=O) groups is 2. The summed E-state index contributed by atoms with van der Waals surface area (Å²) in [5.41, 5.74) is 0. The van der Waals surface area contributed by atoms with Gasteiger partial charge in [-0.25, -0.2) is 0 Å². The Morgan fingerprint density at radius 1 is 1.06 bits per heavy atom. The molecule has 2 rings (SSSR count). The van der Waals surface area contributed by atoms with Crippen LogP contribution in [0.2, 0.25) is 0 Å². The van der Waals surface area contributed by atoms with Crippen LogP contribution in [0.3, 0.4) is 0 Å². The largest absolute Gasteiger partial charge is 0.481 e. The van der Waals surface area contributed by atoms with Crippen LogP contribution in [0.5, 0.6) is 0 Å². The molecule has 1 amide bonds. The second kappa shape index (κ2) is 5.49. The van der Waals surface area contributed by atoms with Gasteiger partial charge in [0.1, 0.15) is 0 Å². The molecule has 0 aromatic heterocycles. The van der Waals surface area contributed by atoms with Crippen molar-refractivity contribution in [2.24, 2.45) is 0 Å². The summed E-state index contributed by atoms with van der Waals surface area (Å²) in [5.74, 6) is -0.910. The number of carboxylic acid groups (broad SMARTS) is 1. The van der Waals surface area contributed by atoms with Gasteiger partial charge in [0, 0.05) is 25.6 Å². The second-order valence-corrected chi connectivity index (χ2v) is 4.94. The Hall–Kier alpha value is -1.10. The molecule has 0 atom stereocenters. The SMILES string of the molecule is O=C(O)CCC(=O)N1CC(N2CCCCC2)C1. The summed E-state index contributed by atoms with van der Waals surface area (Å²) in [6.45, 7) is 3.89. The van der Waals surface area contributed by atoms with E-state index in [1.165, 1.54) is 19.3 Å². The summed E-state index contributed by atoms with van der Waals surface area (Å²) in [6, 6.07) is 0.518. The molecule has 2 heterocycles. The normalized spacial score (nSPS) is 22.2. The summed E-state index contributed by atoms with van der Waals surface area (Å²) in [6.07, 6.45) is 3.95. The van der Waals surface area contributed by atoms with Gasteiger partial charge in [-0.05, 0) is 25.9 Å². The standard InChI is InChI=1S/C12H20N2O3/c15-11(4-5-12(16)17)14-8-10(9-14)13-6-2-1-3-7-13/h10H,1-9H2,(H,16,17). The minimum absolute atomic E-state index is 0.0133. The Bertz CT molecular complexity index is 294. The van der Waals surface area contributed by atoms with Crippen molar-refractivity contribution in [1.29, 1.82) is 0 Å². The van der Waals surface area contributed by atoms with E-state index in [1.807, 2.05) is 0 Å². The Morgan fingerprint density at radius 3 is 2.29 bits per heavy atom. The molecule has 2 aliphatic rings. The number of carbonyl (C=O) groups excluding carboxylic acids is 1. The maximum Gasteiger partial charge on any atom is 0.303 e. The maximum absolute atomic E-state index is 11.6. The molecular formula is C12H20N2O3. The monoisotopic (exact) mass is 240 g/mol. The van der Waals surface area contributed by atoms with Crippen LogP contribution in [-0.4, -0.2) is 59.0 Å². The third kappa shape index (κ3) is 3.19. The van der Waals surface area contributed by atoms with Crippen LogP contribution in [-0.2, 0) is 9.59 Å². The van der Waals surface area contributed by atoms with Crippen LogP contribution in [0, 0.1) is 0 Å². The van der Waals surface area contributed by atoms with E-state index in [0.29, 0.717) is 6.04 Å². The van der Waals surface area contributed by atoms with Crippen molar-refractivity contribution in [3.8, 4) is 0 Å². The minimum atomic E-state index is -0.897. The fourth-order valence-electron chi connectivity index (χ4n) is 2.55. The van der Waals surface area contributed by atoms with Gasteiger partial charge in [-0.3, -0.25) is 14.5 Å². The van der Waals surface area contributed by atoms with Gasteiger partial charge in [0.25, 0.3) is 0 Å². The number of carboxylic acids is 1. The third-order valence-corrected chi connectivity index (χ3v) is 3.67. The van der Waals surface area contributed by atoms with E-state index in [-0.39, 0.29) is 18.7 Å². The number of likely N-dealkylation sites (tertiary alicyclic amines) is 2. The van der Waals surface area contributed by atoms with E-state index in [0.717, 1.165) is 26.2 Å². The fourth-order valence-corrected chi connectivity index (χ4v) is 2.55. The van der Waals surface area contributed by atoms with E-state index in [2.05, 4.69) is 4.90 Å². The number of aliphatic carboxylic acids is 1. The lowest BCUT2D eigenvalue weighted by atomic mass is 10.0. The van der Waals surface area contributed by atoms with Crippen molar-refractivity contribution in [1.82, 2.24) is 9.80 Å². The van der Waals surface area contributed by atoms with Gasteiger partial charge in [-0.1, -0.05) is 6.42 Å². The van der Waals surface area contributed by atoms with Crippen molar-refractivity contribution in [2.45, 2.75) is 38.1 Å². The highest BCUT2D eigenvalue weighted by Gasteiger charge is 2.34. The number of amides is 1. The second-order valence-electron chi connectivity index (χ2n) is 4.94. The first kappa shape index (κ1) is 12.4. The smallest absolute Gasteiger partial charge is 0.303 e. The van der Waals surface area contributed by atoms with Crippen LogP contribution >= 0.6 is 0 Å². The highest BCUT2D eigenvalue weighted by Crippen LogP contribution is 2.20. The van der Waals surface area contributed by atoms with Crippen LogP contribution in [0.4, 0.5) is 0 Å². The van der Waals surface area contributed by atoms with E-state index in [4.69, 9.17) is 5.11 Å². The Kier molecular flexibility index (Phi) is 3.99. The zero-order chi connectivity index (χ0) is 12.3. The van der Waals surface area contributed by atoms with Crippen LogP contribution < -0.4 is 0 Å². The minimum Gasteiger partial charge on any atom is -0.481 e. The fraction of sp³-hybridized carbons (Fsp3) is 0.833. The Labute approximate surface area is 101 Å². The summed E-state index contributed by atoms with van der Waals surface area (Å²) >= 11 is 0. The average Bonchev–Trinajstić information content (AvgIpc) is 2.26. The number of nitrogens with zero attached hydrogens (tertiary/aromatic N) is 2. The molecule has 1 N–H and O–H groups in total. The van der Waals surface area contributed by atoms with Gasteiger partial charge in [0.05, 0.1) is 6.42 Å². The maximum atomic E-state index is 11.6. The molecule has 0 bridgehead atoms. The predicted molar refractivity (Wildman–Crippen MR) is 62.7 cm³/mol. The zero-order valence-electron chi connectivity index (χ0n) is 10.1. The molecule has 5 heteroatoms. The number of rotatable bonds is 4. The molecule has 2 saturated heterocycles. The molecule has 17 heavy (non-hydrogen) atoms. The molecule has 0 unspecified atom stereocenters. The van der Waals surface area contributed by atoms with Gasteiger partial charge in [0.2, 0.25) is 5.91 Å². The van der Waals surface area contributed by atoms with Crippen molar-refractivity contribution >= 4 is 11.9 Å². The summed E-state index contributed by atoms with van der Waals surface area (Å²) in [5, 5.41) is 8.51. The number of piperidine rings is 1. The van der Waals surface area contributed by atoms with E-state index in [9.17, 15) is 9.59 Å². The van der Waals surface area contributed by atoms with Gasteiger partial charge >= 0.3 is 5.97 Å². The number of hydrogen-bond donors (Lipinski definition) is 1. The number of hydrogen-bond acceptors (Lipinski definition) is 3. The average molecular weight is 240 g/mol. The first-order chi connectivity index (χ1) is 8.16. The molecule has 96 valence electrons. The summed E-state index contributed by atoms with van der Waals surface area (Å²) in [4.78, 5) is 26.2. The molecule has 2 fully saturated rings. The quantitative estimate of drug-likeness (QED) is 0.779. The topological polar surface area (TPSA) is 60.9 Å². The molecule has 0 spiro atoms. The molecule has 0 radical (unpaired) electrons. The van der Waals surface area contributed by atoms with Crippen molar-refractivity contribution in [3.05, 3.63) is 0 Å². The van der Waals surface area contributed by atoms with Crippen LogP contribution in [0.1, 0.15) is 32.1 Å². The molecule has 0 saturated carbocycles. The highest BCUT2D eigenvalue weighted by molar-refractivity contribution is 5.81. The van der Waals surface area contributed by atoms with Gasteiger partial charge in [-0.2, -0.15) is 0 Å². The van der Waals surface area contributed by atoms with Crippen molar-refractivity contribution < 1.29 is 14.7 Å². The lowest BCUT2D eigenvalue weighted by Gasteiger charge is -2.46. The molecule has 2 aliphatic heterocycles. The lowest BCUT2D eigenvalue weighted by molar-refractivity contribution is -0.144. The van der Waals surface area contributed by atoms with Crippen molar-refractivity contribution in [2.75, 3.05) is 26.2 Å². The predicted octanol–water partition coefficient (Wildman–Crippen LogP) is 0.548. The molecule has 0 aromatic rings. The zero-order valence-corrected chi connectivity index (χ0v) is 10.1. The van der Waals surface area contributed by atoms with Crippen LogP contribution in [0.25, 0.3) is 0 Å². The third-order valence-electron chi connectivity index (χ3n) is 3.67. The lowest BCUT2D eigenvalue weighted by Crippen LogP contribution is -2.61. The Morgan fingerprint density at radius 2 is 1.71 bits per heavy atom.